The van der Waals surface area contributed by atoms with Gasteiger partial charge in [-0.2, -0.15) is 0 Å². The van der Waals surface area contributed by atoms with Crippen LogP contribution in [0, 0.1) is 0 Å². The highest BCUT2D eigenvalue weighted by Gasteiger charge is 2.08. The number of carbonyl (C=O) groups excluding carboxylic acids is 2. The first-order valence-corrected chi connectivity index (χ1v) is 5.63. The van der Waals surface area contributed by atoms with E-state index in [9.17, 15) is 9.59 Å². The Morgan fingerprint density at radius 1 is 1.53 bits per heavy atom. The fourth-order valence-electron chi connectivity index (χ4n) is 1.66. The fourth-order valence-corrected chi connectivity index (χ4v) is 1.66. The lowest BCUT2D eigenvalue weighted by atomic mass is 10.3. The second-order valence-electron chi connectivity index (χ2n) is 3.59. The Bertz CT molecular complexity index is 384. The molecule has 1 N–H and O–H groups in total. The maximum atomic E-state index is 11.1. The van der Waals surface area contributed by atoms with E-state index in [4.69, 9.17) is 9.84 Å². The van der Waals surface area contributed by atoms with Crippen LogP contribution in [0.5, 0.6) is 0 Å². The Morgan fingerprint density at radius 2 is 2.29 bits per heavy atom. The van der Waals surface area contributed by atoms with Crippen LogP contribution >= 0.6 is 0 Å². The van der Waals surface area contributed by atoms with E-state index < -0.39 is 0 Å². The van der Waals surface area contributed by atoms with Gasteiger partial charge in [0.15, 0.2) is 6.29 Å². The molecule has 94 valence electrons. The quantitative estimate of drug-likeness (QED) is 0.572. The van der Waals surface area contributed by atoms with E-state index in [0.717, 1.165) is 6.29 Å². The Kier molecular flexibility index (Phi) is 5.42. The number of aromatic nitrogens is 1. The molecule has 1 aromatic rings. The molecule has 0 unspecified atom stereocenters. The van der Waals surface area contributed by atoms with Crippen LogP contribution in [0.1, 0.15) is 35.9 Å². The lowest BCUT2D eigenvalue weighted by Gasteiger charge is -2.09. The number of ether oxygens (including phenoxy) is 1. The number of aliphatic hydroxyl groups is 1. The number of esters is 1. The van der Waals surface area contributed by atoms with Crippen molar-refractivity contribution >= 4 is 12.3 Å². The molecule has 1 heterocycles. The van der Waals surface area contributed by atoms with Gasteiger partial charge in [0, 0.05) is 18.7 Å². The molecular weight excluding hydrogens is 222 g/mol. The molecule has 17 heavy (non-hydrogen) atoms. The summed E-state index contributed by atoms with van der Waals surface area (Å²) in [6.45, 7) is 2.55. The molecule has 1 aromatic heterocycles. The summed E-state index contributed by atoms with van der Waals surface area (Å²) < 4.78 is 6.52. The highest BCUT2D eigenvalue weighted by atomic mass is 16.5. The van der Waals surface area contributed by atoms with Crippen LogP contribution in [0.2, 0.25) is 0 Å². The number of aliphatic hydroxyl groups excluding tert-OH is 1. The molecule has 1 rings (SSSR count). The Morgan fingerprint density at radius 3 is 2.88 bits per heavy atom. The lowest BCUT2D eigenvalue weighted by molar-refractivity contribution is -0.143. The summed E-state index contributed by atoms with van der Waals surface area (Å²) in [7, 11) is 0. The minimum Gasteiger partial charge on any atom is -0.466 e. The molecule has 0 atom stereocenters. The number of nitrogens with zero attached hydrogens (tertiary/aromatic N) is 1. The monoisotopic (exact) mass is 239 g/mol. The van der Waals surface area contributed by atoms with Gasteiger partial charge in [-0.3, -0.25) is 9.59 Å². The zero-order chi connectivity index (χ0) is 12.7. The molecule has 0 amide bonds. The third kappa shape index (κ3) is 3.71. The summed E-state index contributed by atoms with van der Waals surface area (Å²) in [5.41, 5.74) is 1.19. The van der Waals surface area contributed by atoms with Gasteiger partial charge in [0.2, 0.25) is 0 Å². The largest absolute Gasteiger partial charge is 0.466 e. The first kappa shape index (κ1) is 13.4. The number of rotatable bonds is 7. The van der Waals surface area contributed by atoms with Crippen molar-refractivity contribution in [3.05, 3.63) is 23.5 Å². The van der Waals surface area contributed by atoms with E-state index in [1.165, 1.54) is 0 Å². The lowest BCUT2D eigenvalue weighted by Crippen LogP contribution is -2.10. The van der Waals surface area contributed by atoms with E-state index in [2.05, 4.69) is 0 Å². The molecule has 0 aromatic carbocycles. The van der Waals surface area contributed by atoms with Crippen LogP contribution in [-0.4, -0.2) is 28.5 Å². The zero-order valence-electron chi connectivity index (χ0n) is 9.89. The van der Waals surface area contributed by atoms with Crippen molar-refractivity contribution in [2.24, 2.45) is 0 Å². The number of aldehydes is 1. The van der Waals surface area contributed by atoms with Crippen molar-refractivity contribution in [2.45, 2.75) is 32.9 Å². The summed E-state index contributed by atoms with van der Waals surface area (Å²) in [6, 6.07) is 3.36. The van der Waals surface area contributed by atoms with Crippen molar-refractivity contribution < 1.29 is 19.4 Å². The summed E-state index contributed by atoms with van der Waals surface area (Å²) in [5.74, 6) is -0.238. The standard InChI is InChI=1S/C12H17NO4/c1-2-17-12(16)4-3-7-13-10(8-14)5-6-11(13)9-15/h5-6,8,15H,2-4,7,9H2,1H3. The number of hydrogen-bond acceptors (Lipinski definition) is 4. The van der Waals surface area contributed by atoms with Gasteiger partial charge in [0.05, 0.1) is 18.9 Å². The molecule has 5 nitrogen and oxygen atoms in total. The van der Waals surface area contributed by atoms with Crippen molar-refractivity contribution in [3.8, 4) is 0 Å². The van der Waals surface area contributed by atoms with E-state index in [1.807, 2.05) is 0 Å². The number of hydrogen-bond donors (Lipinski definition) is 1. The van der Waals surface area contributed by atoms with Gasteiger partial charge in [0.1, 0.15) is 0 Å². The molecule has 0 aliphatic carbocycles. The average molecular weight is 239 g/mol. The molecule has 0 saturated carbocycles. The zero-order valence-corrected chi connectivity index (χ0v) is 9.89. The van der Waals surface area contributed by atoms with E-state index in [0.29, 0.717) is 37.4 Å². The van der Waals surface area contributed by atoms with Gasteiger partial charge in [-0.15, -0.1) is 0 Å². The van der Waals surface area contributed by atoms with Crippen LogP contribution in [0.4, 0.5) is 0 Å². The predicted octanol–water partition coefficient (Wildman–Crippen LogP) is 1.14. The third-order valence-corrected chi connectivity index (χ3v) is 2.46. The maximum absolute atomic E-state index is 11.1. The minimum atomic E-state index is -0.238. The third-order valence-electron chi connectivity index (χ3n) is 2.46. The topological polar surface area (TPSA) is 68.5 Å². The SMILES string of the molecule is CCOC(=O)CCCn1c(C=O)ccc1CO. The van der Waals surface area contributed by atoms with Gasteiger partial charge < -0.3 is 14.4 Å². The molecular formula is C12H17NO4. The first-order valence-electron chi connectivity index (χ1n) is 5.63. The van der Waals surface area contributed by atoms with Gasteiger partial charge in [0.25, 0.3) is 0 Å². The fraction of sp³-hybridized carbons (Fsp3) is 0.500. The van der Waals surface area contributed by atoms with Gasteiger partial charge in [-0.1, -0.05) is 0 Å². The molecule has 0 saturated heterocycles. The Hall–Kier alpha value is -1.62. The predicted molar refractivity (Wildman–Crippen MR) is 61.6 cm³/mol. The van der Waals surface area contributed by atoms with Crippen LogP contribution in [0.3, 0.4) is 0 Å². The van der Waals surface area contributed by atoms with E-state index in [1.54, 1.807) is 23.6 Å². The second-order valence-corrected chi connectivity index (χ2v) is 3.59. The first-order chi connectivity index (χ1) is 8.22. The summed E-state index contributed by atoms with van der Waals surface area (Å²) in [5, 5.41) is 9.09. The van der Waals surface area contributed by atoms with Crippen molar-refractivity contribution in [1.82, 2.24) is 4.57 Å². The van der Waals surface area contributed by atoms with E-state index in [-0.39, 0.29) is 12.6 Å². The summed E-state index contributed by atoms with van der Waals surface area (Å²) >= 11 is 0. The molecule has 0 aliphatic heterocycles. The van der Waals surface area contributed by atoms with Crippen LogP contribution in [-0.2, 0) is 22.7 Å². The molecule has 5 heteroatoms. The highest BCUT2D eigenvalue weighted by Crippen LogP contribution is 2.10. The van der Waals surface area contributed by atoms with Gasteiger partial charge in [-0.05, 0) is 25.5 Å². The van der Waals surface area contributed by atoms with Crippen molar-refractivity contribution in [3.63, 3.8) is 0 Å². The highest BCUT2D eigenvalue weighted by molar-refractivity contribution is 5.72. The summed E-state index contributed by atoms with van der Waals surface area (Å²) in [4.78, 5) is 21.9. The normalized spacial score (nSPS) is 10.2. The van der Waals surface area contributed by atoms with Crippen molar-refractivity contribution in [1.29, 1.82) is 0 Å². The molecule has 0 aliphatic rings. The number of carbonyl (C=O) groups is 2. The van der Waals surface area contributed by atoms with Crippen LogP contribution < -0.4 is 0 Å². The Balaban J connectivity index is 2.53. The van der Waals surface area contributed by atoms with E-state index >= 15 is 0 Å². The molecule has 0 fully saturated rings. The van der Waals surface area contributed by atoms with Gasteiger partial charge >= 0.3 is 5.97 Å². The summed E-state index contributed by atoms with van der Waals surface area (Å²) in [6.07, 6.45) is 1.64. The van der Waals surface area contributed by atoms with Crippen LogP contribution in [0.15, 0.2) is 12.1 Å². The minimum absolute atomic E-state index is 0.118. The maximum Gasteiger partial charge on any atom is 0.305 e. The molecule has 0 radical (unpaired) electrons. The molecule has 0 bridgehead atoms. The smallest absolute Gasteiger partial charge is 0.305 e. The average Bonchev–Trinajstić information content (AvgIpc) is 2.71. The van der Waals surface area contributed by atoms with Crippen molar-refractivity contribution in [2.75, 3.05) is 6.61 Å². The van der Waals surface area contributed by atoms with Gasteiger partial charge in [-0.25, -0.2) is 0 Å². The molecule has 0 spiro atoms. The Labute approximate surface area is 100 Å². The van der Waals surface area contributed by atoms with Crippen LogP contribution in [0.25, 0.3) is 0 Å². The second kappa shape index (κ2) is 6.85.